The SMILES string of the molecule is CCNC1CN(c2nc(Nc3nc(SC)cc(-c4cc(OC)c(OC)c(OC)c4)n3)nc(N3CCOC(NCC)C3)n2)CCO1. The molecule has 0 spiro atoms. The van der Waals surface area contributed by atoms with Gasteiger partial charge in [0.1, 0.15) is 17.5 Å². The number of benzene rings is 1. The second-order valence-corrected chi connectivity index (χ2v) is 11.0. The Morgan fingerprint density at radius 2 is 1.33 bits per heavy atom. The van der Waals surface area contributed by atoms with E-state index in [1.165, 1.54) is 11.8 Å². The molecule has 0 amide bonds. The summed E-state index contributed by atoms with van der Waals surface area (Å²) in [5, 5.41) is 10.7. The van der Waals surface area contributed by atoms with Crippen LogP contribution in [0.5, 0.6) is 17.2 Å². The second kappa shape index (κ2) is 15.5. The van der Waals surface area contributed by atoms with Crippen molar-refractivity contribution in [3.8, 4) is 28.5 Å². The number of likely N-dealkylation sites (N-methyl/N-ethyl adjacent to an activating group) is 2. The largest absolute Gasteiger partial charge is 0.493 e. The van der Waals surface area contributed by atoms with E-state index in [-0.39, 0.29) is 12.5 Å². The lowest BCUT2D eigenvalue weighted by atomic mass is 10.1. The molecule has 0 aliphatic carbocycles. The summed E-state index contributed by atoms with van der Waals surface area (Å²) in [5.41, 5.74) is 1.43. The fourth-order valence-electron chi connectivity index (χ4n) is 5.12. The maximum atomic E-state index is 5.89. The van der Waals surface area contributed by atoms with Crippen LogP contribution in [0.15, 0.2) is 23.2 Å². The van der Waals surface area contributed by atoms with Crippen molar-refractivity contribution in [2.24, 2.45) is 0 Å². The number of thioether (sulfide) groups is 1. The van der Waals surface area contributed by atoms with Gasteiger partial charge in [0, 0.05) is 18.7 Å². The number of nitrogens with one attached hydrogen (secondary N) is 3. The van der Waals surface area contributed by atoms with E-state index in [0.29, 0.717) is 86.1 Å². The highest BCUT2D eigenvalue weighted by Crippen LogP contribution is 2.41. The Kier molecular flexibility index (Phi) is 11.3. The van der Waals surface area contributed by atoms with Gasteiger partial charge in [-0.05, 0) is 37.5 Å². The number of hydrogen-bond donors (Lipinski definition) is 3. The van der Waals surface area contributed by atoms with E-state index in [2.05, 4.69) is 39.6 Å². The fraction of sp³-hybridized carbons (Fsp3) is 0.552. The fourth-order valence-corrected chi connectivity index (χ4v) is 5.53. The molecule has 3 aromatic rings. The van der Waals surface area contributed by atoms with Crippen molar-refractivity contribution < 1.29 is 23.7 Å². The molecular formula is C29H42N10O5S. The first-order valence-electron chi connectivity index (χ1n) is 14.9. The standard InChI is InChI=1S/C29H42N10O5S/c1-7-30-22-16-38(9-11-43-22)28-35-27(36-29(37-28)39-10-12-44-23(17-39)31-8-2)34-26-32-19(15-24(33-26)45-6)18-13-20(40-3)25(42-5)21(14-18)41-4/h13-15,22-23,30-31H,7-12,16-17H2,1-6H3,(H,32,33,34,35,36,37). The van der Waals surface area contributed by atoms with Gasteiger partial charge in [0.25, 0.3) is 0 Å². The zero-order chi connectivity index (χ0) is 31.8. The van der Waals surface area contributed by atoms with Gasteiger partial charge in [-0.25, -0.2) is 9.97 Å². The molecule has 2 aliphatic rings. The van der Waals surface area contributed by atoms with Crippen molar-refractivity contribution in [2.75, 3.05) is 95.2 Å². The van der Waals surface area contributed by atoms with Crippen molar-refractivity contribution >= 4 is 35.6 Å². The summed E-state index contributed by atoms with van der Waals surface area (Å²) in [4.78, 5) is 28.3. The van der Waals surface area contributed by atoms with Crippen molar-refractivity contribution in [1.29, 1.82) is 0 Å². The van der Waals surface area contributed by atoms with Crippen LogP contribution in [-0.4, -0.2) is 117 Å². The van der Waals surface area contributed by atoms with Crippen molar-refractivity contribution in [1.82, 2.24) is 35.6 Å². The highest BCUT2D eigenvalue weighted by Gasteiger charge is 2.27. The molecule has 0 saturated carbocycles. The van der Waals surface area contributed by atoms with Gasteiger partial charge < -0.3 is 33.5 Å². The molecule has 244 valence electrons. The van der Waals surface area contributed by atoms with Gasteiger partial charge in [0.05, 0.1) is 53.3 Å². The average molecular weight is 643 g/mol. The maximum Gasteiger partial charge on any atom is 0.236 e. The Hall–Kier alpha value is -3.70. The Labute approximate surface area is 267 Å². The third-order valence-electron chi connectivity index (χ3n) is 7.27. The topological polar surface area (TPSA) is 153 Å². The lowest BCUT2D eigenvalue weighted by molar-refractivity contribution is 0.0184. The van der Waals surface area contributed by atoms with Crippen LogP contribution in [0.3, 0.4) is 0 Å². The second-order valence-electron chi connectivity index (χ2n) is 10.1. The van der Waals surface area contributed by atoms with E-state index in [0.717, 1.165) is 23.7 Å². The molecule has 5 rings (SSSR count). The molecule has 2 saturated heterocycles. The molecule has 2 unspecified atom stereocenters. The van der Waals surface area contributed by atoms with Gasteiger partial charge in [-0.3, -0.25) is 16.0 Å². The van der Waals surface area contributed by atoms with Gasteiger partial charge in [0.2, 0.25) is 29.5 Å². The number of ether oxygens (including phenoxy) is 5. The monoisotopic (exact) mass is 642 g/mol. The molecular weight excluding hydrogens is 600 g/mol. The number of aromatic nitrogens is 5. The number of nitrogens with zero attached hydrogens (tertiary/aromatic N) is 7. The smallest absolute Gasteiger partial charge is 0.236 e. The van der Waals surface area contributed by atoms with E-state index in [1.807, 2.05) is 24.5 Å². The predicted octanol–water partition coefficient (Wildman–Crippen LogP) is 2.36. The van der Waals surface area contributed by atoms with Crippen molar-refractivity contribution in [3.63, 3.8) is 0 Å². The quantitative estimate of drug-likeness (QED) is 0.184. The molecule has 2 aromatic heterocycles. The summed E-state index contributed by atoms with van der Waals surface area (Å²) >= 11 is 1.50. The first-order chi connectivity index (χ1) is 22.0. The summed E-state index contributed by atoms with van der Waals surface area (Å²) in [6.07, 6.45) is 1.72. The first-order valence-corrected chi connectivity index (χ1v) is 16.2. The van der Waals surface area contributed by atoms with E-state index in [9.17, 15) is 0 Å². The normalized spacial score (nSPS) is 18.5. The lowest BCUT2D eigenvalue weighted by Gasteiger charge is -2.35. The molecule has 1 aromatic carbocycles. The summed E-state index contributed by atoms with van der Waals surface area (Å²) in [5.74, 6) is 3.33. The zero-order valence-electron chi connectivity index (χ0n) is 26.6. The van der Waals surface area contributed by atoms with Crippen LogP contribution in [0.4, 0.5) is 23.8 Å². The summed E-state index contributed by atoms with van der Waals surface area (Å²) in [6, 6.07) is 5.62. The Bertz CT molecular complexity index is 1360. The van der Waals surface area contributed by atoms with E-state index in [1.54, 1.807) is 21.3 Å². The molecule has 2 atom stereocenters. The molecule has 2 fully saturated rings. The third-order valence-corrected chi connectivity index (χ3v) is 7.90. The molecule has 16 heteroatoms. The zero-order valence-corrected chi connectivity index (χ0v) is 27.4. The molecule has 4 heterocycles. The molecule has 0 bridgehead atoms. The van der Waals surface area contributed by atoms with Crippen molar-refractivity contribution in [2.45, 2.75) is 31.3 Å². The Morgan fingerprint density at radius 1 is 0.778 bits per heavy atom. The van der Waals surface area contributed by atoms with E-state index >= 15 is 0 Å². The highest BCUT2D eigenvalue weighted by molar-refractivity contribution is 7.98. The maximum absolute atomic E-state index is 5.89. The van der Waals surface area contributed by atoms with Crippen LogP contribution in [0.1, 0.15) is 13.8 Å². The molecule has 0 radical (unpaired) electrons. The summed E-state index contributed by atoms with van der Waals surface area (Å²) < 4.78 is 28.4. The van der Waals surface area contributed by atoms with Crippen LogP contribution in [0.25, 0.3) is 11.3 Å². The number of anilines is 4. The average Bonchev–Trinajstić information content (AvgIpc) is 3.07. The summed E-state index contributed by atoms with van der Waals surface area (Å²) in [6.45, 7) is 9.31. The minimum atomic E-state index is -0.121. The van der Waals surface area contributed by atoms with Crippen LogP contribution >= 0.6 is 11.8 Å². The van der Waals surface area contributed by atoms with Crippen molar-refractivity contribution in [3.05, 3.63) is 18.2 Å². The minimum absolute atomic E-state index is 0.121. The third kappa shape index (κ3) is 7.94. The Balaban J connectivity index is 1.51. The lowest BCUT2D eigenvalue weighted by Crippen LogP contribution is -2.51. The molecule has 15 nitrogen and oxygen atoms in total. The van der Waals surface area contributed by atoms with Gasteiger partial charge in [0.15, 0.2) is 11.5 Å². The highest BCUT2D eigenvalue weighted by atomic mass is 32.2. The number of morpholine rings is 2. The van der Waals surface area contributed by atoms with Gasteiger partial charge in [-0.1, -0.05) is 13.8 Å². The Morgan fingerprint density at radius 3 is 1.82 bits per heavy atom. The number of hydrogen-bond acceptors (Lipinski definition) is 16. The van der Waals surface area contributed by atoms with Crippen LogP contribution in [0.2, 0.25) is 0 Å². The van der Waals surface area contributed by atoms with E-state index < -0.39 is 0 Å². The van der Waals surface area contributed by atoms with Crippen LogP contribution in [-0.2, 0) is 9.47 Å². The summed E-state index contributed by atoms with van der Waals surface area (Å²) in [7, 11) is 4.74. The molecule has 2 aliphatic heterocycles. The van der Waals surface area contributed by atoms with Crippen LogP contribution in [0, 0.1) is 0 Å². The number of rotatable bonds is 13. The predicted molar refractivity (Wildman–Crippen MR) is 173 cm³/mol. The van der Waals surface area contributed by atoms with Gasteiger partial charge in [-0.2, -0.15) is 15.0 Å². The van der Waals surface area contributed by atoms with E-state index in [4.69, 9.17) is 48.6 Å². The number of methoxy groups -OCH3 is 3. The minimum Gasteiger partial charge on any atom is -0.493 e. The molecule has 45 heavy (non-hydrogen) atoms. The van der Waals surface area contributed by atoms with Gasteiger partial charge >= 0.3 is 0 Å². The van der Waals surface area contributed by atoms with Crippen LogP contribution < -0.4 is 40.0 Å². The molecule has 3 N–H and O–H groups in total. The first kappa shape index (κ1) is 32.7. The van der Waals surface area contributed by atoms with Gasteiger partial charge in [-0.15, -0.1) is 11.8 Å².